The number of anilines is 1. The molecule has 0 bridgehead atoms. The first-order valence-corrected chi connectivity index (χ1v) is 10.3. The highest BCUT2D eigenvalue weighted by atomic mass is 19.4. The van der Waals surface area contributed by atoms with E-state index in [-0.39, 0.29) is 33.9 Å². The van der Waals surface area contributed by atoms with E-state index in [0.29, 0.717) is 4.68 Å². The molecule has 0 aliphatic carbocycles. The second kappa shape index (κ2) is 9.41. The fraction of sp³-hybridized carbons (Fsp3) is 0.130. The summed E-state index contributed by atoms with van der Waals surface area (Å²) in [5.41, 5.74) is -1.90. The molecule has 1 N–H and O–H groups in total. The zero-order chi connectivity index (χ0) is 26.0. The van der Waals surface area contributed by atoms with Crippen molar-refractivity contribution in [2.75, 3.05) is 5.32 Å². The maximum atomic E-state index is 14.1. The number of carbonyl (C=O) groups is 1. The number of amides is 1. The van der Waals surface area contributed by atoms with Gasteiger partial charge in [0.2, 0.25) is 0 Å². The second-order valence-corrected chi connectivity index (χ2v) is 7.38. The summed E-state index contributed by atoms with van der Waals surface area (Å²) in [5, 5.41) is 23.3. The molecular weight excluding hydrogens is 480 g/mol. The minimum absolute atomic E-state index is 0.0199. The summed E-state index contributed by atoms with van der Waals surface area (Å²) in [7, 11) is 0. The van der Waals surface area contributed by atoms with E-state index in [4.69, 9.17) is 0 Å². The molecule has 0 aliphatic rings. The molecule has 0 spiro atoms. The van der Waals surface area contributed by atoms with Gasteiger partial charge in [-0.2, -0.15) is 33.7 Å². The number of pyridine rings is 1. The van der Waals surface area contributed by atoms with Crippen LogP contribution in [0.25, 0.3) is 11.5 Å². The molecule has 13 heteroatoms. The van der Waals surface area contributed by atoms with Gasteiger partial charge in [-0.1, -0.05) is 18.2 Å². The first kappa shape index (κ1) is 24.3. The summed E-state index contributed by atoms with van der Waals surface area (Å²) in [6, 6.07) is 7.13. The Balaban J connectivity index is 1.73. The van der Waals surface area contributed by atoms with E-state index in [1.807, 2.05) is 6.07 Å². The van der Waals surface area contributed by atoms with E-state index in [2.05, 4.69) is 25.6 Å². The lowest BCUT2D eigenvalue weighted by Gasteiger charge is -2.17. The molecule has 4 rings (SSSR count). The lowest BCUT2D eigenvalue weighted by atomic mass is 10.0. The number of halogens is 4. The molecule has 0 saturated heterocycles. The predicted octanol–water partition coefficient (Wildman–Crippen LogP) is 4.36. The van der Waals surface area contributed by atoms with Crippen LogP contribution in [-0.4, -0.2) is 35.7 Å². The number of alkyl halides is 3. The number of nitrogens with one attached hydrogen (secondary N) is 1. The lowest BCUT2D eigenvalue weighted by molar-refractivity contribution is -0.142. The Kier molecular flexibility index (Phi) is 6.35. The zero-order valence-electron chi connectivity index (χ0n) is 18.7. The largest absolute Gasteiger partial charge is 0.434 e. The first-order chi connectivity index (χ1) is 17.2. The zero-order valence-corrected chi connectivity index (χ0v) is 18.7. The smallest absolute Gasteiger partial charge is 0.320 e. The number of aromatic nitrogens is 6. The summed E-state index contributed by atoms with van der Waals surface area (Å²) >= 11 is 0. The Morgan fingerprint density at radius 1 is 1.14 bits per heavy atom. The van der Waals surface area contributed by atoms with Crippen LogP contribution in [0.4, 0.5) is 23.2 Å². The molecule has 0 radical (unpaired) electrons. The Morgan fingerprint density at radius 2 is 1.86 bits per heavy atom. The fourth-order valence-electron chi connectivity index (χ4n) is 3.54. The van der Waals surface area contributed by atoms with Gasteiger partial charge in [-0.3, -0.25) is 4.79 Å². The van der Waals surface area contributed by atoms with E-state index in [1.54, 1.807) is 0 Å². The highest BCUT2D eigenvalue weighted by Gasteiger charge is 2.41. The normalized spacial score (nSPS) is 11.9. The molecule has 0 atom stereocenters. The summed E-state index contributed by atoms with van der Waals surface area (Å²) in [5.74, 6) is -1.65. The van der Waals surface area contributed by atoms with Gasteiger partial charge in [-0.25, -0.2) is 14.1 Å². The maximum absolute atomic E-state index is 14.1. The summed E-state index contributed by atoms with van der Waals surface area (Å²) in [6.45, 7) is 2.91. The lowest BCUT2D eigenvalue weighted by Crippen LogP contribution is -2.21. The number of rotatable bonds is 5. The van der Waals surface area contributed by atoms with Crippen molar-refractivity contribution in [3.8, 4) is 11.9 Å². The number of carbonyl (C=O) groups excluding carboxylic acids is 1. The molecular formula is C23H16F4N8O. The molecule has 1 amide bonds. The highest BCUT2D eigenvalue weighted by molar-refractivity contribution is 6.05. The van der Waals surface area contributed by atoms with E-state index >= 15 is 0 Å². The summed E-state index contributed by atoms with van der Waals surface area (Å²) < 4.78 is 57.1. The first-order valence-electron chi connectivity index (χ1n) is 10.3. The molecule has 4 aromatic rings. The van der Waals surface area contributed by atoms with Crippen molar-refractivity contribution >= 4 is 17.3 Å². The SMILES string of the molecule is C/C=C(\c1cccc(F)c1C)n1ncc(C(=O)Nc2cnc(-n3nccn3)c(C#N)c2)c1C(F)(F)F. The van der Waals surface area contributed by atoms with Crippen LogP contribution in [0, 0.1) is 24.1 Å². The van der Waals surface area contributed by atoms with Crippen LogP contribution in [0.15, 0.2) is 55.1 Å². The van der Waals surface area contributed by atoms with Crippen molar-refractivity contribution in [3.63, 3.8) is 0 Å². The van der Waals surface area contributed by atoms with Gasteiger partial charge in [0.25, 0.3) is 5.91 Å². The number of hydrogen-bond acceptors (Lipinski definition) is 6. The van der Waals surface area contributed by atoms with Gasteiger partial charge in [0.1, 0.15) is 17.4 Å². The number of allylic oxidation sites excluding steroid dienone is 1. The minimum atomic E-state index is -4.98. The minimum Gasteiger partial charge on any atom is -0.320 e. The van der Waals surface area contributed by atoms with Gasteiger partial charge in [0, 0.05) is 5.56 Å². The van der Waals surface area contributed by atoms with Crippen molar-refractivity contribution in [3.05, 3.63) is 88.9 Å². The molecule has 9 nitrogen and oxygen atoms in total. The van der Waals surface area contributed by atoms with Crippen LogP contribution in [0.5, 0.6) is 0 Å². The van der Waals surface area contributed by atoms with E-state index in [9.17, 15) is 27.6 Å². The Hall–Kier alpha value is -4.86. The average Bonchev–Trinajstić information content (AvgIpc) is 3.53. The molecule has 0 aliphatic heterocycles. The third-order valence-corrected chi connectivity index (χ3v) is 5.18. The molecule has 182 valence electrons. The van der Waals surface area contributed by atoms with E-state index < -0.39 is 29.2 Å². The topological polar surface area (TPSA) is 114 Å². The van der Waals surface area contributed by atoms with Gasteiger partial charge >= 0.3 is 6.18 Å². The maximum Gasteiger partial charge on any atom is 0.434 e. The van der Waals surface area contributed by atoms with Crippen molar-refractivity contribution in [2.24, 2.45) is 0 Å². The van der Waals surface area contributed by atoms with Crippen molar-refractivity contribution in [2.45, 2.75) is 20.0 Å². The third-order valence-electron chi connectivity index (χ3n) is 5.18. The van der Waals surface area contributed by atoms with Crippen LogP contribution in [0.3, 0.4) is 0 Å². The summed E-state index contributed by atoms with van der Waals surface area (Å²) in [6.07, 6.45) is 1.04. The van der Waals surface area contributed by atoms with Crippen molar-refractivity contribution in [1.29, 1.82) is 5.26 Å². The Labute approximate surface area is 201 Å². The van der Waals surface area contributed by atoms with Crippen LogP contribution < -0.4 is 5.32 Å². The third kappa shape index (κ3) is 4.43. The van der Waals surface area contributed by atoms with E-state index in [0.717, 1.165) is 17.2 Å². The number of benzene rings is 1. The van der Waals surface area contributed by atoms with Crippen molar-refractivity contribution in [1.82, 2.24) is 29.8 Å². The average molecular weight is 496 g/mol. The monoisotopic (exact) mass is 496 g/mol. The molecule has 0 saturated carbocycles. The Morgan fingerprint density at radius 3 is 2.50 bits per heavy atom. The van der Waals surface area contributed by atoms with E-state index in [1.165, 1.54) is 56.6 Å². The second-order valence-electron chi connectivity index (χ2n) is 7.38. The number of hydrogen-bond donors (Lipinski definition) is 1. The van der Waals surface area contributed by atoms with Crippen LogP contribution >= 0.6 is 0 Å². The van der Waals surface area contributed by atoms with Gasteiger partial charge in [-0.15, -0.1) is 4.80 Å². The molecule has 36 heavy (non-hydrogen) atoms. The predicted molar refractivity (Wildman–Crippen MR) is 119 cm³/mol. The van der Waals surface area contributed by atoms with Crippen LogP contribution in [0.2, 0.25) is 0 Å². The van der Waals surface area contributed by atoms with Crippen molar-refractivity contribution < 1.29 is 22.4 Å². The standard InChI is InChI=1S/C23H16F4N8O/c1-3-19(16-5-4-6-18(24)13(16)2)34-20(23(25,26)27)17(12-32-34)22(36)33-15-9-14(10-28)21(29-11-15)35-30-7-8-31-35/h3-9,11-12H,1-2H3,(H,33,36)/b19-3+. The molecule has 1 aromatic carbocycles. The molecule has 3 heterocycles. The fourth-order valence-corrected chi connectivity index (χ4v) is 3.54. The molecule has 3 aromatic heterocycles. The molecule has 0 unspecified atom stereocenters. The molecule has 0 fully saturated rings. The quantitative estimate of drug-likeness (QED) is 0.411. The number of nitriles is 1. The van der Waals surface area contributed by atoms with Gasteiger partial charge < -0.3 is 5.32 Å². The summed E-state index contributed by atoms with van der Waals surface area (Å²) in [4.78, 5) is 18.0. The van der Waals surface area contributed by atoms with Gasteiger partial charge in [0.15, 0.2) is 11.5 Å². The highest BCUT2D eigenvalue weighted by Crippen LogP contribution is 2.36. The van der Waals surface area contributed by atoms with Gasteiger partial charge in [-0.05, 0) is 31.5 Å². The van der Waals surface area contributed by atoms with Gasteiger partial charge in [0.05, 0.1) is 41.7 Å². The van der Waals surface area contributed by atoms with Crippen LogP contribution in [-0.2, 0) is 6.18 Å². The van der Waals surface area contributed by atoms with Crippen LogP contribution in [0.1, 0.15) is 39.7 Å². The Bertz CT molecular complexity index is 1510. The number of nitrogens with zero attached hydrogens (tertiary/aromatic N) is 7.